The highest BCUT2D eigenvalue weighted by molar-refractivity contribution is 6.23. The van der Waals surface area contributed by atoms with E-state index in [9.17, 15) is 24.6 Å². The topological polar surface area (TPSA) is 132 Å². The first-order chi connectivity index (χ1) is 15.8. The predicted octanol–water partition coefficient (Wildman–Crippen LogP) is 1.50. The lowest BCUT2D eigenvalue weighted by Crippen LogP contribution is -2.67. The molecule has 0 radical (unpaired) electrons. The molecule has 0 aromatic rings. The van der Waals surface area contributed by atoms with Crippen molar-refractivity contribution >= 4 is 29.5 Å². The first-order valence-corrected chi connectivity index (χ1v) is 12.1. The van der Waals surface area contributed by atoms with Crippen molar-refractivity contribution in [2.45, 2.75) is 95.1 Å². The number of epoxide rings is 1. The first kappa shape index (κ1) is 25.4. The molecule has 12 atom stereocenters. The molecule has 2 heterocycles. The average Bonchev–Trinajstić information content (AvgIpc) is 3.52. The van der Waals surface area contributed by atoms with Crippen LogP contribution in [0.4, 0.5) is 0 Å². The highest BCUT2D eigenvalue weighted by Gasteiger charge is 2.74. The molecule has 0 bridgehead atoms. The van der Waals surface area contributed by atoms with Crippen LogP contribution in [-0.4, -0.2) is 75.7 Å². The van der Waals surface area contributed by atoms with Crippen molar-refractivity contribution in [2.75, 3.05) is 0 Å². The van der Waals surface area contributed by atoms with E-state index in [1.807, 2.05) is 6.92 Å². The molecule has 2 saturated heterocycles. The third-order valence-corrected chi connectivity index (χ3v) is 9.05. The number of carbonyl (C=O) groups excluding carboxylic acids is 3. The molecule has 2 aliphatic heterocycles. The Morgan fingerprint density at radius 2 is 1.79 bits per heavy atom. The van der Waals surface area contributed by atoms with E-state index in [-0.39, 0.29) is 0 Å². The Labute approximate surface area is 203 Å². The summed E-state index contributed by atoms with van der Waals surface area (Å²) in [5, 5.41) is 22.9. The van der Waals surface area contributed by atoms with Gasteiger partial charge in [0.1, 0.15) is 23.9 Å². The molecular formula is C24H33ClO9. The molecule has 10 heteroatoms. The minimum absolute atomic E-state index is 0.335. The van der Waals surface area contributed by atoms with Crippen LogP contribution in [0.1, 0.15) is 47.5 Å². The van der Waals surface area contributed by atoms with Crippen molar-refractivity contribution in [3.8, 4) is 0 Å². The summed E-state index contributed by atoms with van der Waals surface area (Å²) in [6.07, 6.45) is -4.45. The van der Waals surface area contributed by atoms with Crippen molar-refractivity contribution in [2.24, 2.45) is 23.2 Å². The SMILES string of the molecule is C=C1CC[C@@H](OC(C)=O)[C@]2(C)[C@H]([C@@H](C)[C@H](OC(C)=O)[C@@H]3O[C@@H]32)[C@@H](O)[C@]2(O)[C@@H](C)C(=O)O[C@H]2[C@H]1Cl. The van der Waals surface area contributed by atoms with Gasteiger partial charge in [-0.2, -0.15) is 0 Å². The molecule has 2 N–H and O–H groups in total. The summed E-state index contributed by atoms with van der Waals surface area (Å²) in [7, 11) is 0. The molecule has 190 valence electrons. The number of alkyl halides is 1. The summed E-state index contributed by atoms with van der Waals surface area (Å²) in [5.41, 5.74) is -2.54. The van der Waals surface area contributed by atoms with Crippen LogP contribution in [0.3, 0.4) is 0 Å². The van der Waals surface area contributed by atoms with Gasteiger partial charge in [-0.3, -0.25) is 14.4 Å². The predicted molar refractivity (Wildman–Crippen MR) is 119 cm³/mol. The zero-order valence-corrected chi connectivity index (χ0v) is 20.8. The van der Waals surface area contributed by atoms with E-state index in [2.05, 4.69) is 6.58 Å². The second kappa shape index (κ2) is 8.47. The summed E-state index contributed by atoms with van der Waals surface area (Å²) in [5.74, 6) is -4.08. The van der Waals surface area contributed by atoms with Gasteiger partial charge in [-0.15, -0.1) is 11.6 Å². The summed E-state index contributed by atoms with van der Waals surface area (Å²) < 4.78 is 22.8. The van der Waals surface area contributed by atoms with Crippen LogP contribution in [-0.2, 0) is 33.3 Å². The maximum absolute atomic E-state index is 12.6. The molecule has 34 heavy (non-hydrogen) atoms. The number of hydrogen-bond donors (Lipinski definition) is 2. The van der Waals surface area contributed by atoms with E-state index in [0.717, 1.165) is 0 Å². The fraction of sp³-hybridized carbons (Fsp3) is 0.792. The van der Waals surface area contributed by atoms with E-state index in [1.165, 1.54) is 20.8 Å². The molecule has 4 aliphatic rings. The van der Waals surface area contributed by atoms with Crippen molar-refractivity contribution in [1.82, 2.24) is 0 Å². The smallest absolute Gasteiger partial charge is 0.312 e. The van der Waals surface area contributed by atoms with Crippen molar-refractivity contribution in [1.29, 1.82) is 0 Å². The van der Waals surface area contributed by atoms with Crippen molar-refractivity contribution in [3.63, 3.8) is 0 Å². The number of rotatable bonds is 2. The van der Waals surface area contributed by atoms with E-state index in [1.54, 1.807) is 6.92 Å². The van der Waals surface area contributed by atoms with Gasteiger partial charge >= 0.3 is 17.9 Å². The number of hydrogen-bond acceptors (Lipinski definition) is 9. The van der Waals surface area contributed by atoms with Gasteiger partial charge in [0.2, 0.25) is 0 Å². The lowest BCUT2D eigenvalue weighted by Gasteiger charge is -2.54. The normalized spacial score (nSPS) is 50.2. The Bertz CT molecular complexity index is 907. The van der Waals surface area contributed by atoms with E-state index in [0.29, 0.717) is 18.4 Å². The number of ether oxygens (including phenoxy) is 4. The van der Waals surface area contributed by atoms with Gasteiger partial charge in [0.15, 0.2) is 6.10 Å². The molecule has 0 spiro atoms. The Morgan fingerprint density at radius 3 is 2.38 bits per heavy atom. The lowest BCUT2D eigenvalue weighted by molar-refractivity contribution is -0.214. The quantitative estimate of drug-likeness (QED) is 0.190. The Balaban J connectivity index is 1.88. The van der Waals surface area contributed by atoms with Crippen LogP contribution in [0.2, 0.25) is 0 Å². The molecule has 2 aliphatic carbocycles. The minimum Gasteiger partial charge on any atom is -0.462 e. The maximum Gasteiger partial charge on any atom is 0.312 e. The molecule has 4 fully saturated rings. The summed E-state index contributed by atoms with van der Waals surface area (Å²) in [6.45, 7) is 11.8. The number of esters is 3. The van der Waals surface area contributed by atoms with Crippen LogP contribution >= 0.6 is 11.6 Å². The molecule has 2 saturated carbocycles. The Kier molecular flexibility index (Phi) is 6.33. The number of aliphatic hydroxyl groups is 2. The Morgan fingerprint density at radius 1 is 1.18 bits per heavy atom. The zero-order valence-electron chi connectivity index (χ0n) is 20.0. The third-order valence-electron chi connectivity index (χ3n) is 8.51. The largest absolute Gasteiger partial charge is 0.462 e. The van der Waals surface area contributed by atoms with E-state index < -0.39 is 88.7 Å². The van der Waals surface area contributed by atoms with Gasteiger partial charge in [0.25, 0.3) is 0 Å². The highest BCUT2D eigenvalue weighted by Crippen LogP contribution is 2.61. The maximum atomic E-state index is 12.6. The monoisotopic (exact) mass is 500 g/mol. The minimum atomic E-state index is -2.06. The van der Waals surface area contributed by atoms with Crippen LogP contribution in [0.5, 0.6) is 0 Å². The number of carbonyl (C=O) groups is 3. The van der Waals surface area contributed by atoms with Crippen molar-refractivity contribution in [3.05, 3.63) is 12.2 Å². The van der Waals surface area contributed by atoms with E-state index in [4.69, 9.17) is 30.5 Å². The number of halogens is 1. The average molecular weight is 501 g/mol. The Hall–Kier alpha value is -1.68. The first-order valence-electron chi connectivity index (χ1n) is 11.7. The molecule has 9 nitrogen and oxygen atoms in total. The lowest BCUT2D eigenvalue weighted by atomic mass is 9.53. The number of aliphatic hydroxyl groups excluding tert-OH is 1. The summed E-state index contributed by atoms with van der Waals surface area (Å²) in [6, 6.07) is 0. The van der Waals surface area contributed by atoms with Gasteiger partial charge in [-0.25, -0.2) is 0 Å². The van der Waals surface area contributed by atoms with Crippen LogP contribution in [0.25, 0.3) is 0 Å². The molecule has 0 amide bonds. The van der Waals surface area contributed by atoms with Gasteiger partial charge in [0.05, 0.1) is 23.5 Å². The van der Waals surface area contributed by atoms with Crippen LogP contribution in [0.15, 0.2) is 12.2 Å². The van der Waals surface area contributed by atoms with Gasteiger partial charge in [0, 0.05) is 31.1 Å². The molecule has 4 rings (SSSR count). The second-order valence-electron chi connectivity index (χ2n) is 10.5. The second-order valence-corrected chi connectivity index (χ2v) is 10.9. The van der Waals surface area contributed by atoms with E-state index >= 15 is 0 Å². The highest BCUT2D eigenvalue weighted by atomic mass is 35.5. The fourth-order valence-electron chi connectivity index (χ4n) is 6.65. The molecular weight excluding hydrogens is 468 g/mol. The fourth-order valence-corrected chi connectivity index (χ4v) is 7.02. The van der Waals surface area contributed by atoms with Gasteiger partial charge < -0.3 is 29.2 Å². The molecule has 0 aromatic carbocycles. The summed E-state index contributed by atoms with van der Waals surface area (Å²) >= 11 is 6.64. The van der Waals surface area contributed by atoms with Crippen LogP contribution in [0, 0.1) is 23.2 Å². The van der Waals surface area contributed by atoms with Gasteiger partial charge in [-0.05, 0) is 19.8 Å². The third kappa shape index (κ3) is 3.58. The molecule has 0 unspecified atom stereocenters. The van der Waals surface area contributed by atoms with Crippen molar-refractivity contribution < 1.29 is 43.5 Å². The summed E-state index contributed by atoms with van der Waals surface area (Å²) in [4.78, 5) is 36.6. The molecule has 0 aromatic heterocycles. The zero-order chi connectivity index (χ0) is 25.3. The number of fused-ring (bicyclic) bond motifs is 4. The van der Waals surface area contributed by atoms with Crippen LogP contribution < -0.4 is 0 Å². The van der Waals surface area contributed by atoms with Gasteiger partial charge in [-0.1, -0.05) is 26.0 Å². The standard InChI is InChI=1S/C24H33ClO9/c1-9-7-8-14(31-12(4)26)23(6)15(10(2)17(32-13(5)27)18-21(23)33-18)19(28)24(30)11(3)22(29)34-20(24)16(9)25/h10-11,14-21,28,30H,1,7-8H2,2-6H3/t10-,11+,14-,15-,16+,17+,18+,19-,20+,21+,23-,24-/m1/s1.